The van der Waals surface area contributed by atoms with Gasteiger partial charge in [0.05, 0.1) is 0 Å². The molecule has 1 rings (SSSR count). The van der Waals surface area contributed by atoms with Crippen LogP contribution in [0.25, 0.3) is 0 Å². The number of carbonyl (C=O) groups is 1. The summed E-state index contributed by atoms with van der Waals surface area (Å²) in [5.74, 6) is 0.105. The first-order valence-corrected chi connectivity index (χ1v) is 5.08. The molecule has 1 nitrogen and oxygen atoms in total. The maximum absolute atomic E-state index is 10.8. The Morgan fingerprint density at radius 1 is 1.38 bits per heavy atom. The number of halogens is 1. The number of Topliss-reactive ketones (excluding diaryl/α,β-unsaturated/α-hetero) is 1. The molecule has 68 valence electrons. The van der Waals surface area contributed by atoms with Gasteiger partial charge in [0.1, 0.15) is 5.78 Å². The standard InChI is InChI=1S/C10H9BrOS/c1-7(12)6-10(13)8-2-4-9(11)5-3-8/h2-5H,6H2,1H3. The fraction of sp³-hybridized carbons (Fsp3) is 0.200. The Bertz CT molecular complexity index is 329. The lowest BCUT2D eigenvalue weighted by molar-refractivity contribution is -0.115. The number of carbonyl (C=O) groups excluding carboxylic acids is 1. The zero-order valence-corrected chi connectivity index (χ0v) is 9.61. The summed E-state index contributed by atoms with van der Waals surface area (Å²) in [7, 11) is 0. The summed E-state index contributed by atoms with van der Waals surface area (Å²) < 4.78 is 1.02. The summed E-state index contributed by atoms with van der Waals surface area (Å²) in [5.41, 5.74) is 0.952. The number of rotatable bonds is 3. The van der Waals surface area contributed by atoms with Gasteiger partial charge in [-0.1, -0.05) is 40.3 Å². The highest BCUT2D eigenvalue weighted by atomic mass is 79.9. The van der Waals surface area contributed by atoms with Crippen molar-refractivity contribution in [1.29, 1.82) is 0 Å². The van der Waals surface area contributed by atoms with Crippen molar-refractivity contribution in [2.45, 2.75) is 13.3 Å². The van der Waals surface area contributed by atoms with E-state index in [1.165, 1.54) is 0 Å². The number of thiocarbonyl (C=S) groups is 1. The van der Waals surface area contributed by atoms with E-state index >= 15 is 0 Å². The fourth-order valence-corrected chi connectivity index (χ4v) is 1.57. The van der Waals surface area contributed by atoms with Gasteiger partial charge < -0.3 is 0 Å². The van der Waals surface area contributed by atoms with Crippen molar-refractivity contribution in [2.24, 2.45) is 0 Å². The van der Waals surface area contributed by atoms with Gasteiger partial charge in [-0.05, 0) is 24.6 Å². The van der Waals surface area contributed by atoms with E-state index < -0.39 is 0 Å². The molecule has 0 aliphatic rings. The van der Waals surface area contributed by atoms with Gasteiger partial charge in [-0.3, -0.25) is 4.79 Å². The van der Waals surface area contributed by atoms with Crippen LogP contribution in [0, 0.1) is 0 Å². The zero-order chi connectivity index (χ0) is 9.84. The second-order valence-electron chi connectivity index (χ2n) is 2.81. The third-order valence-corrected chi connectivity index (χ3v) is 2.48. The summed E-state index contributed by atoms with van der Waals surface area (Å²) in [4.78, 5) is 11.5. The number of ketones is 1. The molecule has 0 aromatic heterocycles. The van der Waals surface area contributed by atoms with E-state index in [9.17, 15) is 4.79 Å². The Labute approximate surface area is 91.3 Å². The molecule has 0 aliphatic carbocycles. The van der Waals surface area contributed by atoms with Crippen molar-refractivity contribution in [3.05, 3.63) is 34.3 Å². The maximum atomic E-state index is 10.8. The van der Waals surface area contributed by atoms with Crippen LogP contribution in [0.2, 0.25) is 0 Å². The van der Waals surface area contributed by atoms with E-state index in [2.05, 4.69) is 15.9 Å². The molecule has 0 saturated heterocycles. The lowest BCUT2D eigenvalue weighted by Gasteiger charge is -2.00. The van der Waals surface area contributed by atoms with Gasteiger partial charge in [-0.15, -0.1) is 0 Å². The highest BCUT2D eigenvalue weighted by Crippen LogP contribution is 2.12. The molecule has 0 unspecified atom stereocenters. The molecule has 0 radical (unpaired) electrons. The molecule has 0 heterocycles. The first kappa shape index (κ1) is 10.5. The second-order valence-corrected chi connectivity index (χ2v) is 4.22. The van der Waals surface area contributed by atoms with Crippen molar-refractivity contribution >= 4 is 38.8 Å². The van der Waals surface area contributed by atoms with Crippen LogP contribution in [0.3, 0.4) is 0 Å². The molecule has 0 fully saturated rings. The molecular formula is C10H9BrOS. The normalized spacial score (nSPS) is 9.69. The van der Waals surface area contributed by atoms with Crippen LogP contribution in [0.5, 0.6) is 0 Å². The molecule has 13 heavy (non-hydrogen) atoms. The van der Waals surface area contributed by atoms with Crippen LogP contribution < -0.4 is 0 Å². The Hall–Kier alpha value is -0.540. The zero-order valence-electron chi connectivity index (χ0n) is 7.21. The third-order valence-electron chi connectivity index (χ3n) is 1.58. The predicted molar refractivity (Wildman–Crippen MR) is 61.1 cm³/mol. The largest absolute Gasteiger partial charge is 0.300 e. The van der Waals surface area contributed by atoms with E-state index in [1.807, 2.05) is 24.3 Å². The molecule has 0 aliphatic heterocycles. The van der Waals surface area contributed by atoms with E-state index in [4.69, 9.17) is 12.2 Å². The SMILES string of the molecule is CC(=O)CC(=S)c1ccc(Br)cc1. The maximum Gasteiger partial charge on any atom is 0.135 e. The number of hydrogen-bond donors (Lipinski definition) is 0. The monoisotopic (exact) mass is 256 g/mol. The molecule has 0 bridgehead atoms. The average Bonchev–Trinajstić information content (AvgIpc) is 2.04. The molecular weight excluding hydrogens is 248 g/mol. The molecule has 0 spiro atoms. The number of benzene rings is 1. The van der Waals surface area contributed by atoms with Gasteiger partial charge in [-0.2, -0.15) is 0 Å². The third kappa shape index (κ3) is 3.36. The van der Waals surface area contributed by atoms with Gasteiger partial charge >= 0.3 is 0 Å². The minimum Gasteiger partial charge on any atom is -0.300 e. The molecule has 1 aromatic rings. The smallest absolute Gasteiger partial charge is 0.135 e. The van der Waals surface area contributed by atoms with E-state index in [-0.39, 0.29) is 5.78 Å². The number of hydrogen-bond acceptors (Lipinski definition) is 2. The Kier molecular flexibility index (Phi) is 3.75. The van der Waals surface area contributed by atoms with Crippen molar-refractivity contribution in [3.63, 3.8) is 0 Å². The van der Waals surface area contributed by atoms with Gasteiger partial charge in [0, 0.05) is 15.8 Å². The average molecular weight is 257 g/mol. The Morgan fingerprint density at radius 3 is 2.38 bits per heavy atom. The molecule has 0 atom stereocenters. The topological polar surface area (TPSA) is 17.1 Å². The highest BCUT2D eigenvalue weighted by molar-refractivity contribution is 9.10. The molecule has 1 aromatic carbocycles. The van der Waals surface area contributed by atoms with Crippen LogP contribution in [-0.2, 0) is 4.79 Å². The first-order valence-electron chi connectivity index (χ1n) is 3.88. The van der Waals surface area contributed by atoms with Crippen LogP contribution in [0.15, 0.2) is 28.7 Å². The predicted octanol–water partition coefficient (Wildman–Crippen LogP) is 3.15. The summed E-state index contributed by atoms with van der Waals surface area (Å²) in [6.45, 7) is 1.55. The van der Waals surface area contributed by atoms with Crippen molar-refractivity contribution < 1.29 is 4.79 Å². The summed E-state index contributed by atoms with van der Waals surface area (Å²) in [5, 5.41) is 0. The lowest BCUT2D eigenvalue weighted by Crippen LogP contribution is -2.02. The first-order chi connectivity index (χ1) is 6.09. The van der Waals surface area contributed by atoms with Gasteiger partial charge in [0.25, 0.3) is 0 Å². The van der Waals surface area contributed by atoms with Gasteiger partial charge in [0.2, 0.25) is 0 Å². The summed E-state index contributed by atoms with van der Waals surface area (Å²) in [6.07, 6.45) is 0.358. The fourth-order valence-electron chi connectivity index (χ4n) is 0.964. The highest BCUT2D eigenvalue weighted by Gasteiger charge is 2.03. The molecule has 3 heteroatoms. The van der Waals surface area contributed by atoms with Crippen LogP contribution in [-0.4, -0.2) is 10.6 Å². The van der Waals surface area contributed by atoms with Gasteiger partial charge in [-0.25, -0.2) is 0 Å². The second kappa shape index (κ2) is 4.63. The van der Waals surface area contributed by atoms with Gasteiger partial charge in [0.15, 0.2) is 0 Å². The van der Waals surface area contributed by atoms with E-state index in [0.717, 1.165) is 10.0 Å². The minimum atomic E-state index is 0.105. The van der Waals surface area contributed by atoms with E-state index in [1.54, 1.807) is 6.92 Å². The quantitative estimate of drug-likeness (QED) is 0.611. The van der Waals surface area contributed by atoms with E-state index in [0.29, 0.717) is 11.3 Å². The summed E-state index contributed by atoms with van der Waals surface area (Å²) in [6, 6.07) is 7.66. The van der Waals surface area contributed by atoms with Crippen molar-refractivity contribution in [3.8, 4) is 0 Å². The molecule has 0 saturated carbocycles. The summed E-state index contributed by atoms with van der Waals surface area (Å²) >= 11 is 8.44. The van der Waals surface area contributed by atoms with Crippen molar-refractivity contribution in [1.82, 2.24) is 0 Å². The van der Waals surface area contributed by atoms with Crippen molar-refractivity contribution in [2.75, 3.05) is 0 Å². The molecule has 0 amide bonds. The van der Waals surface area contributed by atoms with Crippen LogP contribution in [0.1, 0.15) is 18.9 Å². The molecule has 0 N–H and O–H groups in total. The Balaban J connectivity index is 2.78. The van der Waals surface area contributed by atoms with Crippen LogP contribution in [0.4, 0.5) is 0 Å². The van der Waals surface area contributed by atoms with Crippen LogP contribution >= 0.6 is 28.1 Å². The lowest BCUT2D eigenvalue weighted by atomic mass is 10.1. The minimum absolute atomic E-state index is 0.105. The Morgan fingerprint density at radius 2 is 1.92 bits per heavy atom.